The Morgan fingerprint density at radius 2 is 1.77 bits per heavy atom. The van der Waals surface area contributed by atoms with Gasteiger partial charge in [0.2, 0.25) is 0 Å². The molecule has 2 N–H and O–H groups in total. The summed E-state index contributed by atoms with van der Waals surface area (Å²) in [5.41, 5.74) is 7.40. The number of H-pyrrole nitrogens is 2. The Morgan fingerprint density at radius 1 is 0.900 bits per heavy atom. The maximum absolute atomic E-state index is 11.9. The minimum Gasteiger partial charge on any atom is -0.487 e. The minimum absolute atomic E-state index is 0.0777. The highest BCUT2D eigenvalue weighted by molar-refractivity contribution is 7.17. The number of pyridine rings is 2. The lowest BCUT2D eigenvalue weighted by atomic mass is 10.1. The van der Waals surface area contributed by atoms with Crippen LogP contribution in [0.1, 0.15) is 22.2 Å². The molecule has 0 aliphatic rings. The number of hydrogen-bond acceptors (Lipinski definition) is 6. The van der Waals surface area contributed by atoms with Crippen LogP contribution >= 0.6 is 11.3 Å². The van der Waals surface area contributed by atoms with E-state index in [1.54, 1.807) is 19.3 Å². The zero-order chi connectivity index (χ0) is 27.1. The van der Waals surface area contributed by atoms with Gasteiger partial charge in [0.05, 0.1) is 22.5 Å². The van der Waals surface area contributed by atoms with Crippen LogP contribution in [0.15, 0.2) is 97.5 Å². The summed E-state index contributed by atoms with van der Waals surface area (Å²) in [7, 11) is 0. The summed E-state index contributed by atoms with van der Waals surface area (Å²) in [4.78, 5) is 26.2. The van der Waals surface area contributed by atoms with E-state index in [1.165, 1.54) is 11.3 Å². The van der Waals surface area contributed by atoms with Gasteiger partial charge in [0.15, 0.2) is 11.4 Å². The zero-order valence-corrected chi connectivity index (χ0v) is 22.3. The molecule has 7 aromatic rings. The summed E-state index contributed by atoms with van der Waals surface area (Å²) in [6.45, 7) is 2.07. The van der Waals surface area contributed by atoms with Crippen LogP contribution in [-0.2, 0) is 6.61 Å². The molecule has 0 amide bonds. The fourth-order valence-electron chi connectivity index (χ4n) is 4.84. The molecule has 0 spiro atoms. The molecule has 40 heavy (non-hydrogen) atoms. The number of benzene rings is 2. The van der Waals surface area contributed by atoms with Crippen molar-refractivity contribution < 1.29 is 9.53 Å². The number of aromatic nitrogens is 5. The molecule has 0 atom stereocenters. The Labute approximate surface area is 233 Å². The van der Waals surface area contributed by atoms with Gasteiger partial charge in [-0.1, -0.05) is 42.5 Å². The molecule has 0 saturated carbocycles. The van der Waals surface area contributed by atoms with E-state index < -0.39 is 0 Å². The number of aromatic amines is 2. The van der Waals surface area contributed by atoms with Crippen molar-refractivity contribution in [3.8, 4) is 38.7 Å². The molecule has 0 saturated heterocycles. The largest absolute Gasteiger partial charge is 0.487 e. The zero-order valence-electron chi connectivity index (χ0n) is 21.5. The number of ketones is 1. The van der Waals surface area contributed by atoms with Crippen molar-refractivity contribution in [2.75, 3.05) is 0 Å². The van der Waals surface area contributed by atoms with E-state index in [2.05, 4.69) is 49.4 Å². The van der Waals surface area contributed by atoms with Crippen LogP contribution in [0, 0.1) is 0 Å². The minimum atomic E-state index is 0.0777. The summed E-state index contributed by atoms with van der Waals surface area (Å²) < 4.78 is 5.99. The highest BCUT2D eigenvalue weighted by Gasteiger charge is 2.16. The third kappa shape index (κ3) is 4.44. The van der Waals surface area contributed by atoms with Gasteiger partial charge in [0.1, 0.15) is 12.4 Å². The summed E-state index contributed by atoms with van der Waals surface area (Å²) in [6.07, 6.45) is 5.33. The maximum Gasteiger partial charge on any atom is 0.181 e. The summed E-state index contributed by atoms with van der Waals surface area (Å²) in [5.74, 6) is 0.771. The van der Waals surface area contributed by atoms with E-state index in [0.717, 1.165) is 59.7 Å². The average Bonchev–Trinajstić information content (AvgIpc) is 3.74. The van der Waals surface area contributed by atoms with Gasteiger partial charge in [-0.25, -0.2) is 4.98 Å². The molecular weight excluding hydrogens is 518 g/mol. The highest BCUT2D eigenvalue weighted by atomic mass is 32.1. The lowest BCUT2D eigenvalue weighted by Gasteiger charge is -2.08. The molecule has 0 aliphatic carbocycles. The highest BCUT2D eigenvalue weighted by Crippen LogP contribution is 2.37. The number of ether oxygens (including phenoxy) is 1. The Kier molecular flexibility index (Phi) is 5.94. The van der Waals surface area contributed by atoms with E-state index >= 15 is 0 Å². The quantitative estimate of drug-likeness (QED) is 0.202. The second-order valence-corrected chi connectivity index (χ2v) is 10.6. The van der Waals surface area contributed by atoms with Crippen LogP contribution in [0.2, 0.25) is 0 Å². The Hall–Kier alpha value is -5.08. The molecule has 194 valence electrons. The van der Waals surface area contributed by atoms with E-state index in [0.29, 0.717) is 18.0 Å². The number of thiophene rings is 1. The van der Waals surface area contributed by atoms with E-state index in [4.69, 9.17) is 4.74 Å². The maximum atomic E-state index is 11.9. The van der Waals surface area contributed by atoms with E-state index in [-0.39, 0.29) is 5.78 Å². The number of fused-ring (bicyclic) bond motifs is 2. The molecule has 0 fully saturated rings. The number of Topliss-reactive ketones (excluding diaryl/α,β-unsaturated/α-hetero) is 1. The van der Waals surface area contributed by atoms with Gasteiger partial charge >= 0.3 is 0 Å². The van der Waals surface area contributed by atoms with Crippen LogP contribution < -0.4 is 4.74 Å². The van der Waals surface area contributed by atoms with Crippen molar-refractivity contribution in [3.05, 3.63) is 108 Å². The smallest absolute Gasteiger partial charge is 0.181 e. The fraction of sp³-hybridized carbons (Fsp3) is 0.0625. The van der Waals surface area contributed by atoms with Gasteiger partial charge in [-0.2, -0.15) is 5.10 Å². The number of carbonyl (C=O) groups excluding carboxylic acids is 1. The van der Waals surface area contributed by atoms with Crippen LogP contribution in [0.5, 0.6) is 5.75 Å². The van der Waals surface area contributed by atoms with Crippen molar-refractivity contribution in [3.63, 3.8) is 0 Å². The summed E-state index contributed by atoms with van der Waals surface area (Å²) in [5, 5.41) is 9.60. The fourth-order valence-corrected chi connectivity index (χ4v) is 5.78. The first kappa shape index (κ1) is 24.0. The molecule has 8 heteroatoms. The predicted octanol–water partition coefficient (Wildman–Crippen LogP) is 7.68. The van der Waals surface area contributed by atoms with Gasteiger partial charge in [0.25, 0.3) is 0 Å². The number of rotatable bonds is 7. The van der Waals surface area contributed by atoms with Crippen molar-refractivity contribution in [1.29, 1.82) is 0 Å². The van der Waals surface area contributed by atoms with Crippen molar-refractivity contribution in [2.24, 2.45) is 0 Å². The third-order valence-electron chi connectivity index (χ3n) is 6.86. The monoisotopic (exact) mass is 541 g/mol. The van der Waals surface area contributed by atoms with E-state index in [1.807, 2.05) is 60.8 Å². The van der Waals surface area contributed by atoms with Crippen molar-refractivity contribution in [1.82, 2.24) is 25.1 Å². The van der Waals surface area contributed by atoms with Crippen LogP contribution in [0.3, 0.4) is 0 Å². The molecule has 7 rings (SSSR count). The third-order valence-corrected chi connectivity index (χ3v) is 8.08. The lowest BCUT2D eigenvalue weighted by Crippen LogP contribution is -1.96. The Bertz CT molecular complexity index is 2000. The molecule has 2 aromatic carbocycles. The first-order valence-electron chi connectivity index (χ1n) is 12.8. The van der Waals surface area contributed by atoms with Gasteiger partial charge in [-0.3, -0.25) is 14.9 Å². The second-order valence-electron chi connectivity index (χ2n) is 9.55. The SMILES string of the molecule is CC(=O)c1ccc(-c2cccc3[nH]c(-c4[nH]nc5ncc(-c6cncc(OCc7ccccc7)c6)cc45)cc23)s1. The molecule has 0 unspecified atom stereocenters. The van der Waals surface area contributed by atoms with Crippen LogP contribution in [-0.4, -0.2) is 30.9 Å². The lowest BCUT2D eigenvalue weighted by molar-refractivity contribution is 0.102. The summed E-state index contributed by atoms with van der Waals surface area (Å²) >= 11 is 1.51. The number of nitrogens with zero attached hydrogens (tertiary/aromatic N) is 3. The summed E-state index contributed by atoms with van der Waals surface area (Å²) in [6, 6.07) is 26.3. The van der Waals surface area contributed by atoms with Crippen molar-refractivity contribution in [2.45, 2.75) is 13.5 Å². The number of carbonyl (C=O) groups is 1. The van der Waals surface area contributed by atoms with Crippen LogP contribution in [0.25, 0.3) is 54.9 Å². The molecule has 5 aromatic heterocycles. The standard InChI is InChI=1S/C32H23N5O2S/c1-19(38)29-10-11-30(40-29)24-8-5-9-27-25(24)14-28(35-27)31-26-13-22(16-34-32(26)37-36-31)21-12-23(17-33-15-21)39-18-20-6-3-2-4-7-20/h2-17,35H,18H2,1H3,(H,34,36,37). The molecular formula is C32H23N5O2S. The van der Waals surface area contributed by atoms with Crippen molar-refractivity contribution >= 4 is 39.1 Å². The van der Waals surface area contributed by atoms with Crippen LogP contribution in [0.4, 0.5) is 0 Å². The molecule has 0 aliphatic heterocycles. The topological polar surface area (TPSA) is 96.6 Å². The van der Waals surface area contributed by atoms with Gasteiger partial charge < -0.3 is 9.72 Å². The van der Waals surface area contributed by atoms with Gasteiger partial charge in [-0.05, 0) is 48.9 Å². The number of hydrogen-bond donors (Lipinski definition) is 2. The van der Waals surface area contributed by atoms with Gasteiger partial charge in [0, 0.05) is 50.3 Å². The normalized spacial score (nSPS) is 11.3. The average molecular weight is 542 g/mol. The Morgan fingerprint density at radius 3 is 2.62 bits per heavy atom. The predicted molar refractivity (Wildman–Crippen MR) is 159 cm³/mol. The van der Waals surface area contributed by atoms with Gasteiger partial charge in [-0.15, -0.1) is 11.3 Å². The molecule has 5 heterocycles. The van der Waals surface area contributed by atoms with E-state index in [9.17, 15) is 4.79 Å². The second kappa shape index (κ2) is 9.91. The Balaban J connectivity index is 1.23. The molecule has 0 radical (unpaired) electrons. The first-order valence-corrected chi connectivity index (χ1v) is 13.6. The molecule has 7 nitrogen and oxygen atoms in total. The molecule has 0 bridgehead atoms. The first-order chi connectivity index (χ1) is 19.6. The number of nitrogens with one attached hydrogen (secondary N) is 2.